The van der Waals surface area contributed by atoms with Crippen LogP contribution in [0.4, 0.5) is 5.69 Å². The maximum atomic E-state index is 12.1. The monoisotopic (exact) mass is 229 g/mol. The van der Waals surface area contributed by atoms with Crippen molar-refractivity contribution in [3.05, 3.63) is 29.8 Å². The third-order valence-electron chi connectivity index (χ3n) is 3.07. The Labute approximate surface area is 101 Å². The second-order valence-electron chi connectivity index (χ2n) is 4.20. The van der Waals surface area contributed by atoms with Crippen LogP contribution in [0.5, 0.6) is 0 Å². The SMILES string of the molecule is CN(C(=O)C1CCCN1)c1ccc(C#N)cc1. The zero-order valence-corrected chi connectivity index (χ0v) is 9.81. The minimum absolute atomic E-state index is 0.0596. The van der Waals surface area contributed by atoms with E-state index in [9.17, 15) is 4.79 Å². The van der Waals surface area contributed by atoms with Gasteiger partial charge in [-0.2, -0.15) is 5.26 Å². The third kappa shape index (κ3) is 2.45. The molecular formula is C13H15N3O. The fourth-order valence-corrected chi connectivity index (χ4v) is 2.02. The number of benzene rings is 1. The van der Waals surface area contributed by atoms with E-state index in [4.69, 9.17) is 5.26 Å². The van der Waals surface area contributed by atoms with Crippen molar-refractivity contribution in [2.75, 3.05) is 18.5 Å². The molecule has 4 nitrogen and oxygen atoms in total. The van der Waals surface area contributed by atoms with Gasteiger partial charge in [-0.3, -0.25) is 4.79 Å². The Morgan fingerprint density at radius 3 is 2.71 bits per heavy atom. The number of carbonyl (C=O) groups excluding carboxylic acids is 1. The van der Waals surface area contributed by atoms with E-state index in [0.717, 1.165) is 25.1 Å². The van der Waals surface area contributed by atoms with Crippen molar-refractivity contribution >= 4 is 11.6 Å². The second kappa shape index (κ2) is 4.98. The van der Waals surface area contributed by atoms with Gasteiger partial charge in [-0.05, 0) is 43.7 Å². The first-order valence-electron chi connectivity index (χ1n) is 5.73. The largest absolute Gasteiger partial charge is 0.314 e. The molecule has 0 spiro atoms. The van der Waals surface area contributed by atoms with Crippen LogP contribution in [0.1, 0.15) is 18.4 Å². The number of nitrogens with one attached hydrogen (secondary N) is 1. The number of anilines is 1. The predicted molar refractivity (Wildman–Crippen MR) is 65.6 cm³/mol. The standard InChI is InChI=1S/C13H15N3O/c1-16(13(17)12-3-2-8-15-12)11-6-4-10(9-14)5-7-11/h4-7,12,15H,2-3,8H2,1H3. The molecule has 1 aromatic carbocycles. The molecule has 0 bridgehead atoms. The summed E-state index contributed by atoms with van der Waals surface area (Å²) >= 11 is 0. The number of amides is 1. The van der Waals surface area contributed by atoms with E-state index in [2.05, 4.69) is 11.4 Å². The molecule has 1 atom stereocenters. The molecule has 1 N–H and O–H groups in total. The Hall–Kier alpha value is -1.86. The molecule has 1 saturated heterocycles. The summed E-state index contributed by atoms with van der Waals surface area (Å²) < 4.78 is 0. The molecule has 17 heavy (non-hydrogen) atoms. The highest BCUT2D eigenvalue weighted by atomic mass is 16.2. The molecule has 1 amide bonds. The zero-order valence-electron chi connectivity index (χ0n) is 9.81. The molecule has 1 aromatic rings. The first kappa shape index (κ1) is 11.6. The number of nitrogens with zero attached hydrogens (tertiary/aromatic N) is 2. The van der Waals surface area contributed by atoms with Gasteiger partial charge < -0.3 is 10.2 Å². The molecule has 1 unspecified atom stereocenters. The topological polar surface area (TPSA) is 56.1 Å². The number of carbonyl (C=O) groups is 1. The maximum absolute atomic E-state index is 12.1. The van der Waals surface area contributed by atoms with Crippen LogP contribution < -0.4 is 10.2 Å². The van der Waals surface area contributed by atoms with E-state index in [0.29, 0.717) is 5.56 Å². The Balaban J connectivity index is 2.10. The number of hydrogen-bond donors (Lipinski definition) is 1. The molecule has 1 fully saturated rings. The molecule has 1 aliphatic heterocycles. The van der Waals surface area contributed by atoms with E-state index in [1.807, 2.05) is 0 Å². The summed E-state index contributed by atoms with van der Waals surface area (Å²) in [4.78, 5) is 13.7. The van der Waals surface area contributed by atoms with Crippen LogP contribution in [0.15, 0.2) is 24.3 Å². The van der Waals surface area contributed by atoms with Gasteiger partial charge in [-0.1, -0.05) is 0 Å². The lowest BCUT2D eigenvalue weighted by Crippen LogP contribution is -2.41. The molecule has 0 saturated carbocycles. The molecule has 1 heterocycles. The van der Waals surface area contributed by atoms with Crippen molar-refractivity contribution in [1.82, 2.24) is 5.32 Å². The molecule has 4 heteroatoms. The van der Waals surface area contributed by atoms with Crippen LogP contribution in [-0.4, -0.2) is 25.5 Å². The van der Waals surface area contributed by atoms with Gasteiger partial charge in [0.1, 0.15) is 0 Å². The lowest BCUT2D eigenvalue weighted by Gasteiger charge is -2.21. The molecular weight excluding hydrogens is 214 g/mol. The van der Waals surface area contributed by atoms with Gasteiger partial charge in [-0.15, -0.1) is 0 Å². The summed E-state index contributed by atoms with van der Waals surface area (Å²) in [5, 5.41) is 11.9. The van der Waals surface area contributed by atoms with Crippen molar-refractivity contribution in [2.45, 2.75) is 18.9 Å². The Morgan fingerprint density at radius 1 is 1.47 bits per heavy atom. The zero-order chi connectivity index (χ0) is 12.3. The van der Waals surface area contributed by atoms with E-state index < -0.39 is 0 Å². The van der Waals surface area contributed by atoms with Gasteiger partial charge in [0.15, 0.2) is 0 Å². The summed E-state index contributed by atoms with van der Waals surface area (Å²) in [6.45, 7) is 0.914. The fraction of sp³-hybridized carbons (Fsp3) is 0.385. The highest BCUT2D eigenvalue weighted by Crippen LogP contribution is 2.16. The Morgan fingerprint density at radius 2 is 2.18 bits per heavy atom. The highest BCUT2D eigenvalue weighted by Gasteiger charge is 2.25. The smallest absolute Gasteiger partial charge is 0.243 e. The Kier molecular flexibility index (Phi) is 3.40. The van der Waals surface area contributed by atoms with Gasteiger partial charge >= 0.3 is 0 Å². The second-order valence-corrected chi connectivity index (χ2v) is 4.20. The first-order valence-corrected chi connectivity index (χ1v) is 5.73. The minimum Gasteiger partial charge on any atom is -0.314 e. The molecule has 2 rings (SSSR count). The molecule has 0 aliphatic carbocycles. The van der Waals surface area contributed by atoms with Gasteiger partial charge in [-0.25, -0.2) is 0 Å². The normalized spacial score (nSPS) is 18.7. The highest BCUT2D eigenvalue weighted by molar-refractivity contribution is 5.96. The molecule has 1 aliphatic rings. The number of likely N-dealkylation sites (N-methyl/N-ethyl adjacent to an activating group) is 1. The maximum Gasteiger partial charge on any atom is 0.243 e. The van der Waals surface area contributed by atoms with Crippen LogP contribution in [-0.2, 0) is 4.79 Å². The quantitative estimate of drug-likeness (QED) is 0.831. The third-order valence-corrected chi connectivity index (χ3v) is 3.07. The Bertz CT molecular complexity index is 441. The van der Waals surface area contributed by atoms with Crippen LogP contribution >= 0.6 is 0 Å². The van der Waals surface area contributed by atoms with Crippen LogP contribution in [0.25, 0.3) is 0 Å². The average molecular weight is 229 g/mol. The predicted octanol–water partition coefficient (Wildman–Crippen LogP) is 1.27. The summed E-state index contributed by atoms with van der Waals surface area (Å²) in [6.07, 6.45) is 1.96. The number of hydrogen-bond acceptors (Lipinski definition) is 3. The summed E-state index contributed by atoms with van der Waals surface area (Å²) in [7, 11) is 1.77. The summed E-state index contributed by atoms with van der Waals surface area (Å²) in [5.74, 6) is 0.0900. The van der Waals surface area contributed by atoms with E-state index in [-0.39, 0.29) is 11.9 Å². The average Bonchev–Trinajstić information content (AvgIpc) is 2.91. The summed E-state index contributed by atoms with van der Waals surface area (Å²) in [5.41, 5.74) is 1.43. The lowest BCUT2D eigenvalue weighted by molar-refractivity contribution is -0.119. The van der Waals surface area contributed by atoms with Crippen molar-refractivity contribution in [1.29, 1.82) is 5.26 Å². The number of rotatable bonds is 2. The van der Waals surface area contributed by atoms with Crippen molar-refractivity contribution in [2.24, 2.45) is 0 Å². The lowest BCUT2D eigenvalue weighted by atomic mass is 10.1. The van der Waals surface area contributed by atoms with Crippen LogP contribution in [0, 0.1) is 11.3 Å². The van der Waals surface area contributed by atoms with Crippen molar-refractivity contribution in [3.8, 4) is 6.07 Å². The van der Waals surface area contributed by atoms with E-state index in [1.54, 1.807) is 36.2 Å². The van der Waals surface area contributed by atoms with Gasteiger partial charge in [0.25, 0.3) is 0 Å². The minimum atomic E-state index is -0.0596. The molecule has 0 radical (unpaired) electrons. The van der Waals surface area contributed by atoms with Crippen molar-refractivity contribution < 1.29 is 4.79 Å². The van der Waals surface area contributed by atoms with Gasteiger partial charge in [0, 0.05) is 12.7 Å². The van der Waals surface area contributed by atoms with Crippen LogP contribution in [0.3, 0.4) is 0 Å². The molecule has 88 valence electrons. The fourth-order valence-electron chi connectivity index (χ4n) is 2.02. The van der Waals surface area contributed by atoms with Crippen molar-refractivity contribution in [3.63, 3.8) is 0 Å². The van der Waals surface area contributed by atoms with Gasteiger partial charge in [0.05, 0.1) is 17.7 Å². The first-order chi connectivity index (χ1) is 8.22. The van der Waals surface area contributed by atoms with E-state index in [1.165, 1.54) is 0 Å². The van der Waals surface area contributed by atoms with Gasteiger partial charge in [0.2, 0.25) is 5.91 Å². The van der Waals surface area contributed by atoms with Crippen LogP contribution in [0.2, 0.25) is 0 Å². The summed E-state index contributed by atoms with van der Waals surface area (Å²) in [6, 6.07) is 9.04. The molecule has 0 aromatic heterocycles. The number of nitriles is 1. The van der Waals surface area contributed by atoms with E-state index >= 15 is 0 Å².